The largest absolute Gasteiger partial charge is 0.332 e. The summed E-state index contributed by atoms with van der Waals surface area (Å²) < 4.78 is 13.1. The third-order valence-corrected chi connectivity index (χ3v) is 4.68. The monoisotopic (exact) mass is 316 g/mol. The first kappa shape index (κ1) is 15.0. The summed E-state index contributed by atoms with van der Waals surface area (Å²) >= 11 is 1.47. The summed E-state index contributed by atoms with van der Waals surface area (Å²) in [6, 6.07) is 10.1. The highest BCUT2D eigenvalue weighted by Gasteiger charge is 2.31. The first-order valence-electron chi connectivity index (χ1n) is 7.26. The van der Waals surface area contributed by atoms with Crippen molar-refractivity contribution in [3.8, 4) is 0 Å². The van der Waals surface area contributed by atoms with Crippen LogP contribution >= 0.6 is 11.8 Å². The van der Waals surface area contributed by atoms with Crippen molar-refractivity contribution < 1.29 is 9.18 Å². The third kappa shape index (κ3) is 2.86. The maximum Gasteiger partial charge on any atom is 0.257 e. The number of hydrogen-bond acceptors (Lipinski definition) is 3. The first-order chi connectivity index (χ1) is 10.7. The van der Waals surface area contributed by atoms with Crippen molar-refractivity contribution >= 4 is 17.7 Å². The molecule has 22 heavy (non-hydrogen) atoms. The molecule has 1 aromatic heterocycles. The highest BCUT2D eigenvalue weighted by atomic mass is 32.2. The van der Waals surface area contributed by atoms with E-state index in [2.05, 4.69) is 4.98 Å². The van der Waals surface area contributed by atoms with Gasteiger partial charge in [-0.15, -0.1) is 11.8 Å². The second-order valence-electron chi connectivity index (χ2n) is 5.27. The Balaban J connectivity index is 1.89. The summed E-state index contributed by atoms with van der Waals surface area (Å²) in [4.78, 5) is 19.0. The van der Waals surface area contributed by atoms with Crippen molar-refractivity contribution in [2.24, 2.45) is 0 Å². The molecule has 0 aliphatic carbocycles. The number of likely N-dealkylation sites (tertiary alicyclic amines) is 1. The van der Waals surface area contributed by atoms with Crippen LogP contribution < -0.4 is 0 Å². The second-order valence-corrected chi connectivity index (χ2v) is 6.06. The number of hydrogen-bond donors (Lipinski definition) is 0. The standard InChI is InChI=1S/C17H17FN2OS/c1-22-16-14(4-2-10-19-16)17(21)20-11-3-5-15(20)12-6-8-13(18)9-7-12/h2,4,6-10,15H,3,5,11H2,1H3. The fraction of sp³-hybridized carbons (Fsp3) is 0.294. The number of nitrogens with zero attached hydrogens (tertiary/aromatic N) is 2. The van der Waals surface area contributed by atoms with E-state index in [4.69, 9.17) is 0 Å². The Bertz CT molecular complexity index is 675. The summed E-state index contributed by atoms with van der Waals surface area (Å²) in [5.41, 5.74) is 1.63. The Hall–Kier alpha value is -1.88. The Morgan fingerprint density at radius 2 is 2.09 bits per heavy atom. The molecule has 3 rings (SSSR count). The van der Waals surface area contributed by atoms with Gasteiger partial charge in [0.2, 0.25) is 0 Å². The minimum absolute atomic E-state index is 0.00396. The quantitative estimate of drug-likeness (QED) is 0.805. The zero-order valence-electron chi connectivity index (χ0n) is 12.3. The molecule has 1 saturated heterocycles. The van der Waals surface area contributed by atoms with Gasteiger partial charge >= 0.3 is 0 Å². The molecule has 1 atom stereocenters. The lowest BCUT2D eigenvalue weighted by molar-refractivity contribution is 0.0731. The van der Waals surface area contributed by atoms with E-state index < -0.39 is 0 Å². The minimum Gasteiger partial charge on any atom is -0.332 e. The van der Waals surface area contributed by atoms with Crippen molar-refractivity contribution in [2.75, 3.05) is 12.8 Å². The average Bonchev–Trinajstić information content (AvgIpc) is 3.04. The predicted octanol–water partition coefficient (Wildman–Crippen LogP) is 3.92. The molecule has 1 fully saturated rings. The molecule has 1 aromatic carbocycles. The Labute approximate surface area is 133 Å². The van der Waals surface area contributed by atoms with Crippen LogP contribution in [0.15, 0.2) is 47.6 Å². The fourth-order valence-corrected chi connectivity index (χ4v) is 3.45. The van der Waals surface area contributed by atoms with E-state index in [0.29, 0.717) is 5.56 Å². The molecule has 114 valence electrons. The van der Waals surface area contributed by atoms with Crippen molar-refractivity contribution in [2.45, 2.75) is 23.9 Å². The van der Waals surface area contributed by atoms with Gasteiger partial charge in [0.1, 0.15) is 10.8 Å². The number of benzene rings is 1. The smallest absolute Gasteiger partial charge is 0.257 e. The van der Waals surface area contributed by atoms with E-state index >= 15 is 0 Å². The molecular formula is C17H17FN2OS. The number of halogens is 1. The number of pyridine rings is 1. The van der Waals surface area contributed by atoms with Crippen molar-refractivity contribution in [3.05, 3.63) is 59.5 Å². The highest BCUT2D eigenvalue weighted by molar-refractivity contribution is 7.98. The molecule has 1 aliphatic rings. The molecule has 5 heteroatoms. The van der Waals surface area contributed by atoms with Crippen molar-refractivity contribution in [3.63, 3.8) is 0 Å². The average molecular weight is 316 g/mol. The van der Waals surface area contributed by atoms with Crippen LogP contribution in [0.4, 0.5) is 4.39 Å². The zero-order valence-corrected chi connectivity index (χ0v) is 13.1. The second kappa shape index (κ2) is 6.48. The highest BCUT2D eigenvalue weighted by Crippen LogP contribution is 2.34. The number of rotatable bonds is 3. The molecule has 0 saturated carbocycles. The van der Waals surface area contributed by atoms with Crippen molar-refractivity contribution in [1.82, 2.24) is 9.88 Å². The minimum atomic E-state index is -0.253. The van der Waals surface area contributed by atoms with Crippen LogP contribution in [-0.4, -0.2) is 28.6 Å². The zero-order chi connectivity index (χ0) is 15.5. The fourth-order valence-electron chi connectivity index (χ4n) is 2.91. The Kier molecular flexibility index (Phi) is 4.43. The summed E-state index contributed by atoms with van der Waals surface area (Å²) in [6.45, 7) is 0.726. The maximum atomic E-state index is 13.1. The summed E-state index contributed by atoms with van der Waals surface area (Å²) in [6.07, 6.45) is 5.49. The van der Waals surface area contributed by atoms with Gasteiger partial charge in [-0.25, -0.2) is 9.37 Å². The van der Waals surface area contributed by atoms with E-state index in [1.54, 1.807) is 24.4 Å². The van der Waals surface area contributed by atoms with Gasteiger partial charge in [0.15, 0.2) is 0 Å². The van der Waals surface area contributed by atoms with E-state index in [9.17, 15) is 9.18 Å². The lowest BCUT2D eigenvalue weighted by atomic mass is 10.0. The van der Waals surface area contributed by atoms with Crippen LogP contribution in [0.2, 0.25) is 0 Å². The summed E-state index contributed by atoms with van der Waals surface area (Å²) in [5.74, 6) is -0.249. The molecular weight excluding hydrogens is 299 g/mol. The van der Waals surface area contributed by atoms with Crippen LogP contribution in [0.3, 0.4) is 0 Å². The van der Waals surface area contributed by atoms with Gasteiger partial charge < -0.3 is 4.90 Å². The van der Waals surface area contributed by atoms with E-state index in [1.165, 1.54) is 23.9 Å². The number of thioether (sulfide) groups is 1. The number of carbonyl (C=O) groups is 1. The summed E-state index contributed by atoms with van der Waals surface area (Å²) in [7, 11) is 0. The molecule has 2 heterocycles. The van der Waals surface area contributed by atoms with Crippen molar-refractivity contribution in [1.29, 1.82) is 0 Å². The lowest BCUT2D eigenvalue weighted by Gasteiger charge is -2.25. The number of amides is 1. The summed E-state index contributed by atoms with van der Waals surface area (Å²) in [5, 5.41) is 0.747. The van der Waals surface area contributed by atoms with Gasteiger partial charge in [-0.05, 0) is 48.9 Å². The normalized spacial score (nSPS) is 17.7. The molecule has 1 amide bonds. The molecule has 2 aromatic rings. The molecule has 0 spiro atoms. The number of carbonyl (C=O) groups excluding carboxylic acids is 1. The topological polar surface area (TPSA) is 33.2 Å². The molecule has 1 unspecified atom stereocenters. The lowest BCUT2D eigenvalue weighted by Crippen LogP contribution is -2.31. The van der Waals surface area contributed by atoms with Crippen LogP contribution in [0.1, 0.15) is 34.8 Å². The predicted molar refractivity (Wildman–Crippen MR) is 85.4 cm³/mol. The molecule has 0 radical (unpaired) electrons. The van der Waals surface area contributed by atoms with Gasteiger partial charge in [0.05, 0.1) is 11.6 Å². The number of aromatic nitrogens is 1. The van der Waals surface area contributed by atoms with Gasteiger partial charge in [-0.1, -0.05) is 12.1 Å². The third-order valence-electron chi connectivity index (χ3n) is 3.96. The van der Waals surface area contributed by atoms with Gasteiger partial charge in [-0.2, -0.15) is 0 Å². The van der Waals surface area contributed by atoms with Gasteiger partial charge in [0.25, 0.3) is 5.91 Å². The van der Waals surface area contributed by atoms with Gasteiger partial charge in [0, 0.05) is 12.7 Å². The molecule has 1 aliphatic heterocycles. The SMILES string of the molecule is CSc1ncccc1C(=O)N1CCCC1c1ccc(F)cc1. The van der Waals surface area contributed by atoms with Crippen LogP contribution in [-0.2, 0) is 0 Å². The molecule has 0 bridgehead atoms. The Morgan fingerprint density at radius 3 is 2.82 bits per heavy atom. The van der Waals surface area contributed by atoms with E-state index in [-0.39, 0.29) is 17.8 Å². The maximum absolute atomic E-state index is 13.1. The van der Waals surface area contributed by atoms with E-state index in [0.717, 1.165) is 30.0 Å². The Morgan fingerprint density at radius 1 is 1.32 bits per heavy atom. The van der Waals surface area contributed by atoms with Crippen LogP contribution in [0.5, 0.6) is 0 Å². The van der Waals surface area contributed by atoms with Gasteiger partial charge in [-0.3, -0.25) is 4.79 Å². The van der Waals surface area contributed by atoms with E-state index in [1.807, 2.05) is 17.2 Å². The molecule has 3 nitrogen and oxygen atoms in total. The molecule has 0 N–H and O–H groups in total. The first-order valence-corrected chi connectivity index (χ1v) is 8.48. The van der Waals surface area contributed by atoms with Crippen LogP contribution in [0, 0.1) is 5.82 Å². The van der Waals surface area contributed by atoms with Crippen LogP contribution in [0.25, 0.3) is 0 Å².